The predicted molar refractivity (Wildman–Crippen MR) is 442 cm³/mol. The lowest BCUT2D eigenvalue weighted by Gasteiger charge is -2.40. The van der Waals surface area contributed by atoms with Gasteiger partial charge in [-0.2, -0.15) is 0 Å². The zero-order valence-corrected chi connectivity index (χ0v) is 67.8. The number of nitrogens with one attached hydrogen (secondary N) is 2. The zero-order valence-electron chi connectivity index (χ0n) is 67.8. The average molecular weight is 1580 g/mol. The summed E-state index contributed by atoms with van der Waals surface area (Å²) in [6, 6.07) is 35.4. The Balaban J connectivity index is 0.937. The highest BCUT2D eigenvalue weighted by Crippen LogP contribution is 2.59. The minimum absolute atomic E-state index is 0.0171. The monoisotopic (exact) mass is 1570 g/mol. The maximum Gasteiger partial charge on any atom is 0.262 e. The van der Waals surface area contributed by atoms with Gasteiger partial charge in [-0.3, -0.25) is 38.6 Å². The van der Waals surface area contributed by atoms with Crippen molar-refractivity contribution in [1.82, 2.24) is 30.2 Å². The smallest absolute Gasteiger partial charge is 0.262 e. The number of hydrogen-bond donors (Lipinski definition) is 2. The number of fused-ring (bicyclic) bond motifs is 2. The molecule has 2 aliphatic carbocycles. The second kappa shape index (κ2) is 33.8. The first-order valence-electron chi connectivity index (χ1n) is 42.2. The van der Waals surface area contributed by atoms with E-state index in [2.05, 4.69) is 66.0 Å². The summed E-state index contributed by atoms with van der Waals surface area (Å²) in [5, 5.41) is 9.58. The summed E-state index contributed by atoms with van der Waals surface area (Å²) in [5.74, 6) is -1.48. The first-order chi connectivity index (χ1) is 56.3. The van der Waals surface area contributed by atoms with Gasteiger partial charge in [0.05, 0.1) is 87.3 Å². The van der Waals surface area contributed by atoms with E-state index in [9.17, 15) is 0 Å². The first kappa shape index (κ1) is 78.9. The molecule has 608 valence electrons. The van der Waals surface area contributed by atoms with E-state index in [0.29, 0.717) is 160 Å². The first-order valence-corrected chi connectivity index (χ1v) is 42.2. The van der Waals surface area contributed by atoms with Crippen molar-refractivity contribution in [2.75, 3.05) is 105 Å². The predicted octanol–water partition coefficient (Wildman–Crippen LogP) is 16.2. The van der Waals surface area contributed by atoms with Gasteiger partial charge >= 0.3 is 0 Å². The van der Waals surface area contributed by atoms with Crippen LogP contribution in [0.1, 0.15) is 194 Å². The lowest BCUT2D eigenvalue weighted by molar-refractivity contribution is -0.139. The zero-order chi connectivity index (χ0) is 80.2. The molecule has 6 fully saturated rings. The van der Waals surface area contributed by atoms with Gasteiger partial charge in [0, 0.05) is 95.4 Å². The second-order valence-electron chi connectivity index (χ2n) is 34.0. The van der Waals surface area contributed by atoms with Gasteiger partial charge in [-0.25, -0.2) is 0 Å². The summed E-state index contributed by atoms with van der Waals surface area (Å²) in [5.41, 5.74) is 4.56. The van der Waals surface area contributed by atoms with Crippen molar-refractivity contribution in [2.24, 2.45) is 11.8 Å². The van der Waals surface area contributed by atoms with E-state index in [1.165, 1.54) is 9.80 Å². The molecule has 6 atom stereocenters. The van der Waals surface area contributed by atoms with E-state index in [0.717, 1.165) is 47.9 Å². The van der Waals surface area contributed by atoms with Crippen LogP contribution in [-0.2, 0) is 38.0 Å². The van der Waals surface area contributed by atoms with Crippen molar-refractivity contribution in [3.63, 3.8) is 0 Å². The maximum atomic E-state index is 17.0. The molecular formula is C94H106N6O16. The summed E-state index contributed by atoms with van der Waals surface area (Å²) in [6.07, 6.45) is 5.70. The number of amides is 6. The molecule has 9 aromatic rings. The lowest BCUT2D eigenvalue weighted by atomic mass is 9.79. The van der Waals surface area contributed by atoms with E-state index in [4.69, 9.17) is 47.4 Å². The molecule has 2 saturated carbocycles. The van der Waals surface area contributed by atoms with Gasteiger partial charge in [0.1, 0.15) is 70.3 Å². The van der Waals surface area contributed by atoms with Crippen molar-refractivity contribution in [2.45, 2.75) is 167 Å². The van der Waals surface area contributed by atoms with Crippen LogP contribution >= 0.6 is 0 Å². The van der Waals surface area contributed by atoms with E-state index < -0.39 is 47.5 Å². The van der Waals surface area contributed by atoms with Crippen molar-refractivity contribution < 1.29 is 76.1 Å². The van der Waals surface area contributed by atoms with Crippen molar-refractivity contribution in [3.8, 4) is 46.0 Å². The molecular weight excluding hydrogens is 1470 g/mol. The molecule has 17 rings (SSSR count). The van der Waals surface area contributed by atoms with E-state index in [1.54, 1.807) is 34.1 Å². The lowest BCUT2D eigenvalue weighted by Crippen LogP contribution is -2.58. The third kappa shape index (κ3) is 16.5. The number of ether oxygens (including phenoxy) is 10. The number of carbonyl (C=O) groups excluding carboxylic acids is 6. The van der Waals surface area contributed by atoms with Crippen LogP contribution in [0.2, 0.25) is 0 Å². The molecule has 6 unspecified atom stereocenters. The fraction of sp³-hybridized carbons (Fsp3) is 0.468. The van der Waals surface area contributed by atoms with Gasteiger partial charge < -0.3 is 67.8 Å². The highest BCUT2D eigenvalue weighted by Gasteiger charge is 2.51. The number of nitrogens with zero attached hydrogens (tertiary/aromatic N) is 4. The Morgan fingerprint density at radius 1 is 0.379 bits per heavy atom. The molecule has 116 heavy (non-hydrogen) atoms. The van der Waals surface area contributed by atoms with Crippen LogP contribution in [0, 0.1) is 11.8 Å². The van der Waals surface area contributed by atoms with Crippen molar-refractivity contribution in [3.05, 3.63) is 166 Å². The SMILES string of the molecule is CC(C)c1ccc(Oc2cc3c4c(cc(Oc5ccc(C(C)C)cc5)c5c6c(Oc7ccc(C(C)C)cc7)cc7c8c(cc(Oc9ccc(C(C)C)cc9)c(c2c45)c86)C(=O)N(C(C(=O)N(CCOCC2CO2)CCOCC2CO2)C2CCCC2)C7=O)C(=O)N(C(C(=O)N(CCNCC2CO2)CCNCC2CO2)C2CCCC2)C3=O)cc1. The van der Waals surface area contributed by atoms with Crippen molar-refractivity contribution >= 4 is 78.5 Å². The summed E-state index contributed by atoms with van der Waals surface area (Å²) in [6.45, 7) is 23.6. The van der Waals surface area contributed by atoms with Crippen LogP contribution in [0.4, 0.5) is 0 Å². The summed E-state index contributed by atoms with van der Waals surface area (Å²) in [4.78, 5) is 106. The Labute approximate surface area is 677 Å². The Morgan fingerprint density at radius 2 is 0.647 bits per heavy atom. The van der Waals surface area contributed by atoms with Gasteiger partial charge in [0.15, 0.2) is 0 Å². The van der Waals surface area contributed by atoms with Gasteiger partial charge in [-0.1, -0.05) is 130 Å². The topological polar surface area (TPSA) is 245 Å². The largest absolute Gasteiger partial charge is 0.457 e. The van der Waals surface area contributed by atoms with Crippen LogP contribution in [0.25, 0.3) is 43.1 Å². The van der Waals surface area contributed by atoms with Crippen LogP contribution in [0.3, 0.4) is 0 Å². The Morgan fingerprint density at radius 3 is 0.905 bits per heavy atom. The van der Waals surface area contributed by atoms with Gasteiger partial charge in [0.25, 0.3) is 23.6 Å². The molecule has 22 heteroatoms. The van der Waals surface area contributed by atoms with E-state index in [-0.39, 0.29) is 142 Å². The molecule has 0 aromatic heterocycles. The van der Waals surface area contributed by atoms with Crippen LogP contribution in [0.15, 0.2) is 121 Å². The van der Waals surface area contributed by atoms with Crippen molar-refractivity contribution in [1.29, 1.82) is 0 Å². The standard InChI is InChI=1S/C94H106N6O16/c1-53(2)57-17-25-63(26-18-57)113-75-41-71-79-72(90(102)99(89(71)101)87(61-13-9-10-14-61)93(105)97(35-33-95-45-67-49-109-67)36-34-96-46-68-50-110-68)42-76(114-64-27-19-58(20-28-64)54(3)4)82-84-78(116-66-31-23-60(24-32-66)56(7)8)44-74-80-73(43-77(83(86(80)84)81(75)85(79)82)115-65-29-21-59(22-30-65)55(5)6)91(103)100(92(74)104)88(62-15-11-12-16-62)94(106)98(37-39-107-47-69-51-111-69)38-40-108-48-70-52-112-70/h17-32,41-44,53-56,61-62,67-70,87-88,95-96H,9-16,33-40,45-52H2,1-8H3. The molecule has 9 aromatic carbocycles. The van der Waals surface area contributed by atoms with Crippen LogP contribution in [-0.4, -0.2) is 197 Å². The fourth-order valence-corrected chi connectivity index (χ4v) is 17.6. The number of hydrogen-bond acceptors (Lipinski definition) is 18. The minimum atomic E-state index is -1.27. The number of rotatable bonds is 38. The molecule has 4 saturated heterocycles. The maximum absolute atomic E-state index is 17.0. The normalized spacial score (nSPS) is 19.7. The van der Waals surface area contributed by atoms with E-state index >= 15 is 28.8 Å². The van der Waals surface area contributed by atoms with Gasteiger partial charge in [0.2, 0.25) is 11.8 Å². The average Bonchev–Trinajstić information content (AvgIpc) is 0.930. The quantitative estimate of drug-likeness (QED) is 0.0120. The molecule has 0 spiro atoms. The number of epoxide rings is 4. The summed E-state index contributed by atoms with van der Waals surface area (Å²) in [7, 11) is 0. The molecule has 22 nitrogen and oxygen atoms in total. The number of benzene rings is 9. The van der Waals surface area contributed by atoms with Crippen LogP contribution in [0.5, 0.6) is 46.0 Å². The molecule has 8 aliphatic rings. The van der Waals surface area contributed by atoms with Gasteiger partial charge in [-0.05, 0) is 156 Å². The minimum Gasteiger partial charge on any atom is -0.457 e. The molecule has 0 bridgehead atoms. The molecule has 6 aliphatic heterocycles. The molecule has 6 heterocycles. The fourth-order valence-electron chi connectivity index (χ4n) is 17.6. The Hall–Kier alpha value is -9.62. The molecule has 0 radical (unpaired) electrons. The number of imide groups is 2. The molecule has 6 amide bonds. The van der Waals surface area contributed by atoms with Crippen LogP contribution < -0.4 is 29.6 Å². The molecule has 2 N–H and O–H groups in total. The third-order valence-electron chi connectivity index (χ3n) is 24.5. The Bertz CT molecular complexity index is 4560. The summed E-state index contributed by atoms with van der Waals surface area (Å²) >= 11 is 0. The Kier molecular flexibility index (Phi) is 23.0. The summed E-state index contributed by atoms with van der Waals surface area (Å²) < 4.78 is 64.2. The number of carbonyl (C=O) groups is 6. The van der Waals surface area contributed by atoms with E-state index in [1.807, 2.05) is 97.1 Å². The highest BCUT2D eigenvalue weighted by atomic mass is 16.6. The highest BCUT2D eigenvalue weighted by molar-refractivity contribution is 6.45. The third-order valence-corrected chi connectivity index (χ3v) is 24.5. The van der Waals surface area contributed by atoms with Gasteiger partial charge in [-0.15, -0.1) is 0 Å². The second-order valence-corrected chi connectivity index (χ2v) is 34.0.